The molecule has 1 aromatic carbocycles. The van der Waals surface area contributed by atoms with Gasteiger partial charge in [-0.2, -0.15) is 0 Å². The Morgan fingerprint density at radius 3 is 2.73 bits per heavy atom. The Labute approximate surface area is 75.9 Å². The third-order valence-corrected chi connectivity index (χ3v) is 2.26. The van der Waals surface area contributed by atoms with Gasteiger partial charge in [0.1, 0.15) is 0 Å². The molecule has 0 radical (unpaired) electrons. The van der Waals surface area contributed by atoms with Gasteiger partial charge in [-0.1, -0.05) is 11.6 Å². The van der Waals surface area contributed by atoms with Crippen molar-refractivity contribution in [3.63, 3.8) is 0 Å². The van der Waals surface area contributed by atoms with Gasteiger partial charge in [-0.3, -0.25) is 0 Å². The highest BCUT2D eigenvalue weighted by molar-refractivity contribution is 9.10. The molecule has 0 spiro atoms. The van der Waals surface area contributed by atoms with Gasteiger partial charge in [0.05, 0.1) is 15.2 Å². The van der Waals surface area contributed by atoms with E-state index >= 15 is 0 Å². The number of benzene rings is 1. The van der Waals surface area contributed by atoms with Crippen molar-refractivity contribution in [2.45, 2.75) is 0 Å². The number of hydrogen-bond acceptors (Lipinski definition) is 2. The number of nitrogen functional groups attached to an aromatic ring is 1. The number of phenolic OH excluding ortho intramolecular Hbond substituents is 1. The second-order valence-electron chi connectivity index (χ2n) is 1.92. The summed E-state index contributed by atoms with van der Waals surface area (Å²) >= 11 is 8.25. The van der Waals surface area contributed by atoms with E-state index in [0.717, 1.165) is 0 Å². The second kappa shape index (κ2) is 2.87. The molecule has 1 rings (SSSR count). The molecule has 0 fully saturated rings. The SMILES string of the molecule is Nc1cc(Cl)c(O)c(F)c1Br. The fourth-order valence-corrected chi connectivity index (χ4v) is 1.11. The molecule has 0 unspecified atom stereocenters. The van der Waals surface area contributed by atoms with E-state index in [1.165, 1.54) is 6.07 Å². The number of hydrogen-bond donors (Lipinski definition) is 2. The van der Waals surface area contributed by atoms with Gasteiger partial charge in [-0.15, -0.1) is 0 Å². The molecule has 5 heteroatoms. The molecular formula is C6H4BrClFNO. The Balaban J connectivity index is 3.46. The number of anilines is 1. The Bertz CT molecular complexity index is 279. The van der Waals surface area contributed by atoms with E-state index in [1.807, 2.05) is 0 Å². The van der Waals surface area contributed by atoms with Crippen molar-refractivity contribution in [3.8, 4) is 5.75 Å². The molecule has 0 saturated heterocycles. The van der Waals surface area contributed by atoms with Crippen LogP contribution in [0.5, 0.6) is 5.75 Å². The summed E-state index contributed by atoms with van der Waals surface area (Å²) < 4.78 is 12.8. The van der Waals surface area contributed by atoms with Crippen LogP contribution in [-0.4, -0.2) is 5.11 Å². The standard InChI is InChI=1S/C6H4BrClFNO/c7-4-3(10)1-2(8)6(11)5(4)9/h1,11H,10H2. The number of phenols is 1. The maximum Gasteiger partial charge on any atom is 0.182 e. The van der Waals surface area contributed by atoms with Gasteiger partial charge in [-0.25, -0.2) is 4.39 Å². The molecule has 0 bridgehead atoms. The monoisotopic (exact) mass is 239 g/mol. The first-order valence-electron chi connectivity index (χ1n) is 2.66. The van der Waals surface area contributed by atoms with E-state index in [2.05, 4.69) is 15.9 Å². The maximum absolute atomic E-state index is 12.8. The molecule has 0 aromatic heterocycles. The molecule has 0 aliphatic rings. The topological polar surface area (TPSA) is 46.2 Å². The van der Waals surface area contributed by atoms with Crippen LogP contribution in [0.4, 0.5) is 10.1 Å². The fourth-order valence-electron chi connectivity index (χ4n) is 0.604. The average molecular weight is 240 g/mol. The predicted molar refractivity (Wildman–Crippen MR) is 45.2 cm³/mol. The molecule has 0 amide bonds. The number of rotatable bonds is 0. The molecule has 0 atom stereocenters. The first-order chi connectivity index (χ1) is 5.04. The molecule has 11 heavy (non-hydrogen) atoms. The van der Waals surface area contributed by atoms with Crippen molar-refractivity contribution >= 4 is 33.2 Å². The Morgan fingerprint density at radius 2 is 2.18 bits per heavy atom. The van der Waals surface area contributed by atoms with E-state index in [9.17, 15) is 4.39 Å². The highest BCUT2D eigenvalue weighted by Crippen LogP contribution is 2.35. The molecule has 2 nitrogen and oxygen atoms in total. The second-order valence-corrected chi connectivity index (χ2v) is 3.12. The Hall–Kier alpha value is -0.480. The Kier molecular flexibility index (Phi) is 2.25. The van der Waals surface area contributed by atoms with E-state index < -0.39 is 11.6 Å². The van der Waals surface area contributed by atoms with Crippen LogP contribution in [-0.2, 0) is 0 Å². The smallest absolute Gasteiger partial charge is 0.182 e. The van der Waals surface area contributed by atoms with Crippen molar-refractivity contribution in [2.75, 3.05) is 5.73 Å². The zero-order valence-electron chi connectivity index (χ0n) is 5.24. The van der Waals surface area contributed by atoms with Gasteiger partial charge in [0.2, 0.25) is 0 Å². The fraction of sp³-hybridized carbons (Fsp3) is 0. The molecule has 0 aliphatic carbocycles. The highest BCUT2D eigenvalue weighted by atomic mass is 79.9. The summed E-state index contributed by atoms with van der Waals surface area (Å²) in [4.78, 5) is 0. The van der Waals surface area contributed by atoms with Crippen LogP contribution in [0, 0.1) is 5.82 Å². The third kappa shape index (κ3) is 1.41. The molecule has 3 N–H and O–H groups in total. The van der Waals surface area contributed by atoms with Crippen LogP contribution in [0.25, 0.3) is 0 Å². The lowest BCUT2D eigenvalue weighted by Crippen LogP contribution is -1.90. The van der Waals surface area contributed by atoms with Gasteiger partial charge < -0.3 is 10.8 Å². The van der Waals surface area contributed by atoms with E-state index in [4.69, 9.17) is 22.4 Å². The molecule has 60 valence electrons. The lowest BCUT2D eigenvalue weighted by atomic mass is 10.3. The van der Waals surface area contributed by atoms with Gasteiger partial charge in [0, 0.05) is 0 Å². The summed E-state index contributed by atoms with van der Waals surface area (Å²) in [5.74, 6) is -1.43. The molecule has 0 heterocycles. The molecule has 0 aliphatic heterocycles. The van der Waals surface area contributed by atoms with Crippen LogP contribution in [0.1, 0.15) is 0 Å². The largest absolute Gasteiger partial charge is 0.504 e. The van der Waals surface area contributed by atoms with Crippen molar-refractivity contribution < 1.29 is 9.50 Å². The molecular weight excluding hydrogens is 236 g/mol. The van der Waals surface area contributed by atoms with Crippen molar-refractivity contribution in [3.05, 3.63) is 21.4 Å². The molecule has 1 aromatic rings. The summed E-state index contributed by atoms with van der Waals surface area (Å²) in [7, 11) is 0. The van der Waals surface area contributed by atoms with Crippen molar-refractivity contribution in [1.29, 1.82) is 0 Å². The Morgan fingerprint density at radius 1 is 1.64 bits per heavy atom. The first-order valence-corrected chi connectivity index (χ1v) is 3.83. The predicted octanol–water partition coefficient (Wildman–Crippen LogP) is 2.53. The number of halogens is 3. The first kappa shape index (κ1) is 8.62. The van der Waals surface area contributed by atoms with Crippen LogP contribution >= 0.6 is 27.5 Å². The van der Waals surface area contributed by atoms with Gasteiger partial charge in [-0.05, 0) is 22.0 Å². The normalized spacial score (nSPS) is 10.1. The van der Waals surface area contributed by atoms with Gasteiger partial charge in [0.25, 0.3) is 0 Å². The zero-order valence-corrected chi connectivity index (χ0v) is 7.58. The summed E-state index contributed by atoms with van der Waals surface area (Å²) in [6.45, 7) is 0. The molecule has 0 saturated carbocycles. The van der Waals surface area contributed by atoms with E-state index in [0.29, 0.717) is 0 Å². The minimum Gasteiger partial charge on any atom is -0.504 e. The van der Waals surface area contributed by atoms with Crippen LogP contribution < -0.4 is 5.73 Å². The lowest BCUT2D eigenvalue weighted by Gasteiger charge is -2.03. The number of aromatic hydroxyl groups is 1. The minimum atomic E-state index is -0.838. The maximum atomic E-state index is 12.8. The number of nitrogens with two attached hydrogens (primary N) is 1. The average Bonchev–Trinajstić information content (AvgIpc) is 1.97. The summed E-state index contributed by atoms with van der Waals surface area (Å²) in [5.41, 5.74) is 5.47. The van der Waals surface area contributed by atoms with E-state index in [1.54, 1.807) is 0 Å². The zero-order chi connectivity index (χ0) is 8.59. The summed E-state index contributed by atoms with van der Waals surface area (Å²) in [6, 6.07) is 1.27. The van der Waals surface area contributed by atoms with Crippen molar-refractivity contribution in [1.82, 2.24) is 0 Å². The minimum absolute atomic E-state index is 0.0272. The quantitative estimate of drug-likeness (QED) is 0.416. The van der Waals surface area contributed by atoms with Crippen LogP contribution in [0.2, 0.25) is 5.02 Å². The van der Waals surface area contributed by atoms with Crippen LogP contribution in [0.3, 0.4) is 0 Å². The third-order valence-electron chi connectivity index (χ3n) is 1.16. The highest BCUT2D eigenvalue weighted by Gasteiger charge is 2.12. The summed E-state index contributed by atoms with van der Waals surface area (Å²) in [6.07, 6.45) is 0. The van der Waals surface area contributed by atoms with Crippen LogP contribution in [0.15, 0.2) is 10.5 Å². The van der Waals surface area contributed by atoms with Gasteiger partial charge >= 0.3 is 0 Å². The van der Waals surface area contributed by atoms with Gasteiger partial charge in [0.15, 0.2) is 11.6 Å². The lowest BCUT2D eigenvalue weighted by molar-refractivity contribution is 0.431. The van der Waals surface area contributed by atoms with Crippen molar-refractivity contribution in [2.24, 2.45) is 0 Å². The summed E-state index contributed by atoms with van der Waals surface area (Å²) in [5, 5.41) is 8.82. The van der Waals surface area contributed by atoms with E-state index in [-0.39, 0.29) is 15.2 Å².